The van der Waals surface area contributed by atoms with Crippen LogP contribution >= 0.6 is 22.9 Å². The van der Waals surface area contributed by atoms with E-state index in [1.54, 1.807) is 23.3 Å². The first-order valence-electron chi connectivity index (χ1n) is 8.03. The Morgan fingerprint density at radius 1 is 1.46 bits per heavy atom. The fraction of sp³-hybridized carbons (Fsp3) is 0.222. The van der Waals surface area contributed by atoms with Gasteiger partial charge < -0.3 is 14.4 Å². The number of aromatic nitrogens is 2. The minimum absolute atomic E-state index is 0.204. The molecule has 1 N–H and O–H groups in total. The first-order valence-corrected chi connectivity index (χ1v) is 9.29. The first kappa shape index (κ1) is 16.9. The molecule has 2 aromatic heterocycles. The fourth-order valence-corrected chi connectivity index (χ4v) is 3.86. The Labute approximate surface area is 159 Å². The molecule has 134 valence electrons. The summed E-state index contributed by atoms with van der Waals surface area (Å²) in [6.07, 6.45) is 1.43. The van der Waals surface area contributed by atoms with Crippen molar-refractivity contribution in [3.05, 3.63) is 52.1 Å². The molecule has 0 saturated carbocycles. The third-order valence-electron chi connectivity index (χ3n) is 4.22. The average Bonchev–Trinajstić information content (AvgIpc) is 3.28. The van der Waals surface area contributed by atoms with E-state index in [9.17, 15) is 4.79 Å². The number of carbonyl (C=O) groups is 1. The molecule has 3 aromatic rings. The van der Waals surface area contributed by atoms with Gasteiger partial charge in [-0.3, -0.25) is 9.89 Å². The van der Waals surface area contributed by atoms with Crippen molar-refractivity contribution < 1.29 is 14.3 Å². The summed E-state index contributed by atoms with van der Waals surface area (Å²) in [5.74, 6) is 1.14. The number of benzene rings is 1. The van der Waals surface area contributed by atoms with Gasteiger partial charge in [-0.15, -0.1) is 11.3 Å². The lowest BCUT2D eigenvalue weighted by atomic mass is 10.1. The maximum absolute atomic E-state index is 12.8. The van der Waals surface area contributed by atoms with Crippen molar-refractivity contribution in [3.8, 4) is 21.9 Å². The highest BCUT2D eigenvalue weighted by Gasteiger charge is 2.26. The third kappa shape index (κ3) is 3.04. The average molecular weight is 390 g/mol. The smallest absolute Gasteiger partial charge is 0.273 e. The number of nitrogens with one attached hydrogen (secondary N) is 1. The lowest BCUT2D eigenvalue weighted by Gasteiger charge is -2.19. The zero-order valence-corrected chi connectivity index (χ0v) is 15.6. The molecule has 1 amide bonds. The van der Waals surface area contributed by atoms with Crippen LogP contribution in [0, 0.1) is 0 Å². The van der Waals surface area contributed by atoms with Crippen molar-refractivity contribution in [2.24, 2.45) is 0 Å². The molecule has 0 bridgehead atoms. The summed E-state index contributed by atoms with van der Waals surface area (Å²) in [5, 5.41) is 8.83. The number of nitrogens with zero attached hydrogens (tertiary/aromatic N) is 2. The molecule has 0 spiro atoms. The summed E-state index contributed by atoms with van der Waals surface area (Å²) in [5.41, 5.74) is 2.22. The predicted octanol–water partition coefficient (Wildman–Crippen LogP) is 3.84. The Hall–Kier alpha value is -2.51. The van der Waals surface area contributed by atoms with Gasteiger partial charge in [0.25, 0.3) is 5.91 Å². The van der Waals surface area contributed by atoms with E-state index in [1.165, 1.54) is 6.20 Å². The van der Waals surface area contributed by atoms with E-state index in [-0.39, 0.29) is 11.6 Å². The standard InChI is InChI=1S/C18H16ClN3O3S/c1-24-14-8-11(15-3-2-6-26-15)7-12-10-22(4-5-25-17(12)14)18(23)16-13(19)9-20-21-16/h2-3,6-9H,4-5,10H2,1H3,(H,20,21). The lowest BCUT2D eigenvalue weighted by Crippen LogP contribution is -2.32. The number of methoxy groups -OCH3 is 1. The zero-order valence-electron chi connectivity index (χ0n) is 14.0. The Morgan fingerprint density at radius 3 is 3.04 bits per heavy atom. The topological polar surface area (TPSA) is 67.5 Å². The number of thiophene rings is 1. The van der Waals surface area contributed by atoms with Crippen molar-refractivity contribution in [1.82, 2.24) is 15.1 Å². The van der Waals surface area contributed by atoms with E-state index >= 15 is 0 Å². The lowest BCUT2D eigenvalue weighted by molar-refractivity contribution is 0.0727. The number of fused-ring (bicyclic) bond motifs is 1. The quantitative estimate of drug-likeness (QED) is 0.739. The summed E-state index contributed by atoms with van der Waals surface area (Å²) < 4.78 is 11.4. The molecule has 0 fully saturated rings. The highest BCUT2D eigenvalue weighted by Crippen LogP contribution is 2.39. The second-order valence-corrected chi connectivity index (χ2v) is 7.17. The number of hydrogen-bond acceptors (Lipinski definition) is 5. The fourth-order valence-electron chi connectivity index (χ4n) is 2.97. The van der Waals surface area contributed by atoms with Crippen LogP contribution in [-0.4, -0.2) is 41.3 Å². The van der Waals surface area contributed by atoms with Gasteiger partial charge in [0.05, 0.1) is 24.9 Å². The monoisotopic (exact) mass is 389 g/mol. The Balaban J connectivity index is 1.72. The number of rotatable bonds is 3. The minimum Gasteiger partial charge on any atom is -0.493 e. The largest absolute Gasteiger partial charge is 0.493 e. The summed E-state index contributed by atoms with van der Waals surface area (Å²) in [4.78, 5) is 15.6. The number of ether oxygens (including phenoxy) is 2. The van der Waals surface area contributed by atoms with Crippen molar-refractivity contribution in [2.75, 3.05) is 20.3 Å². The molecule has 1 aliphatic rings. The van der Waals surface area contributed by atoms with E-state index in [2.05, 4.69) is 16.3 Å². The van der Waals surface area contributed by atoms with Crippen molar-refractivity contribution in [2.45, 2.75) is 6.54 Å². The summed E-state index contributed by atoms with van der Waals surface area (Å²) in [6.45, 7) is 1.22. The summed E-state index contributed by atoms with van der Waals surface area (Å²) >= 11 is 7.69. The van der Waals surface area contributed by atoms with Crippen molar-refractivity contribution in [3.63, 3.8) is 0 Å². The van der Waals surface area contributed by atoms with Gasteiger partial charge >= 0.3 is 0 Å². The molecule has 0 aliphatic carbocycles. The van der Waals surface area contributed by atoms with Crippen LogP contribution in [0.15, 0.2) is 35.8 Å². The van der Waals surface area contributed by atoms with Gasteiger partial charge in [-0.05, 0) is 29.1 Å². The molecule has 1 aliphatic heterocycles. The van der Waals surface area contributed by atoms with Crippen LogP contribution < -0.4 is 9.47 Å². The van der Waals surface area contributed by atoms with Crippen LogP contribution in [-0.2, 0) is 6.54 Å². The number of amides is 1. The normalized spacial score (nSPS) is 13.7. The van der Waals surface area contributed by atoms with Gasteiger partial charge in [-0.25, -0.2) is 0 Å². The van der Waals surface area contributed by atoms with Gasteiger partial charge in [0, 0.05) is 17.0 Å². The second-order valence-electron chi connectivity index (χ2n) is 5.81. The van der Waals surface area contributed by atoms with Crippen LogP contribution in [0.25, 0.3) is 10.4 Å². The van der Waals surface area contributed by atoms with Gasteiger partial charge in [0.15, 0.2) is 11.5 Å². The highest BCUT2D eigenvalue weighted by atomic mass is 35.5. The Kier molecular flexibility index (Phi) is 4.57. The number of halogens is 1. The zero-order chi connectivity index (χ0) is 18.1. The number of H-pyrrole nitrogens is 1. The third-order valence-corrected chi connectivity index (χ3v) is 5.43. The molecular formula is C18H16ClN3O3S. The Morgan fingerprint density at radius 2 is 2.35 bits per heavy atom. The van der Waals surface area contributed by atoms with Crippen LogP contribution in [0.5, 0.6) is 11.5 Å². The van der Waals surface area contributed by atoms with Crippen molar-refractivity contribution in [1.29, 1.82) is 0 Å². The van der Waals surface area contributed by atoms with Crippen LogP contribution in [0.1, 0.15) is 16.1 Å². The number of hydrogen-bond donors (Lipinski definition) is 1. The molecule has 6 nitrogen and oxygen atoms in total. The van der Waals surface area contributed by atoms with E-state index in [1.807, 2.05) is 23.6 Å². The Bertz CT molecular complexity index is 939. The maximum Gasteiger partial charge on any atom is 0.273 e. The van der Waals surface area contributed by atoms with E-state index in [0.717, 1.165) is 16.0 Å². The molecule has 26 heavy (non-hydrogen) atoms. The molecule has 1 aromatic carbocycles. The van der Waals surface area contributed by atoms with E-state index in [4.69, 9.17) is 21.1 Å². The first-order chi connectivity index (χ1) is 12.7. The van der Waals surface area contributed by atoms with E-state index in [0.29, 0.717) is 36.2 Å². The number of aromatic amines is 1. The SMILES string of the molecule is COc1cc(-c2cccs2)cc2c1OCCN(C(=O)c1[nH]ncc1Cl)C2. The molecule has 8 heteroatoms. The molecule has 0 radical (unpaired) electrons. The van der Waals surface area contributed by atoms with E-state index < -0.39 is 0 Å². The molecule has 0 saturated heterocycles. The van der Waals surface area contributed by atoms with Gasteiger partial charge in [-0.2, -0.15) is 5.10 Å². The molecule has 3 heterocycles. The number of carbonyl (C=O) groups excluding carboxylic acids is 1. The van der Waals surface area contributed by atoms with Gasteiger partial charge in [0.2, 0.25) is 0 Å². The van der Waals surface area contributed by atoms with Crippen molar-refractivity contribution >= 4 is 28.8 Å². The molecular weight excluding hydrogens is 374 g/mol. The molecule has 0 atom stereocenters. The van der Waals surface area contributed by atoms with Gasteiger partial charge in [0.1, 0.15) is 12.3 Å². The van der Waals surface area contributed by atoms with Crippen LogP contribution in [0.2, 0.25) is 5.02 Å². The highest BCUT2D eigenvalue weighted by molar-refractivity contribution is 7.13. The summed E-state index contributed by atoms with van der Waals surface area (Å²) in [6, 6.07) is 8.07. The summed E-state index contributed by atoms with van der Waals surface area (Å²) in [7, 11) is 1.62. The maximum atomic E-state index is 12.8. The van der Waals surface area contributed by atoms with Gasteiger partial charge in [-0.1, -0.05) is 17.7 Å². The molecule has 4 rings (SSSR count). The second kappa shape index (κ2) is 7.01. The van der Waals surface area contributed by atoms with Crippen LogP contribution in [0.3, 0.4) is 0 Å². The van der Waals surface area contributed by atoms with Crippen LogP contribution in [0.4, 0.5) is 0 Å². The predicted molar refractivity (Wildman–Crippen MR) is 100 cm³/mol. The minimum atomic E-state index is -0.204. The molecule has 0 unspecified atom stereocenters.